The average molecular weight is 159 g/mol. The number of carbonyl (C=O) groups is 2. The van der Waals surface area contributed by atoms with Gasteiger partial charge in [-0.15, -0.1) is 0 Å². The van der Waals surface area contributed by atoms with Crippen molar-refractivity contribution in [1.29, 1.82) is 0 Å². The first-order chi connectivity index (χ1) is 4.00. The third-order valence-electron chi connectivity index (χ3n) is 0.167. The van der Waals surface area contributed by atoms with Crippen molar-refractivity contribution in [3.05, 3.63) is 0 Å². The zero-order valence-corrected chi connectivity index (χ0v) is 6.49. The maximum absolute atomic E-state index is 9.13. The second-order valence-electron chi connectivity index (χ2n) is 0.842. The van der Waals surface area contributed by atoms with E-state index < -0.39 is 12.1 Å². The molecule has 0 aromatic carbocycles. The second kappa shape index (κ2) is 11.3. The molecule has 6 nitrogen and oxygen atoms in total. The Balaban J connectivity index is -0.0000000910. The molecule has 0 bridgehead atoms. The Morgan fingerprint density at radius 1 is 1.40 bits per heavy atom. The molecule has 0 amide bonds. The van der Waals surface area contributed by atoms with Crippen molar-refractivity contribution in [2.45, 2.75) is 0 Å². The van der Waals surface area contributed by atoms with Crippen LogP contribution in [0.1, 0.15) is 0 Å². The van der Waals surface area contributed by atoms with Gasteiger partial charge >= 0.3 is 23.1 Å². The van der Waals surface area contributed by atoms with Gasteiger partial charge in [-0.25, -0.2) is 0 Å². The summed E-state index contributed by atoms with van der Waals surface area (Å²) >= 11 is 0. The van der Waals surface area contributed by atoms with E-state index in [0.717, 1.165) is 0 Å². The first-order valence-corrected chi connectivity index (χ1v) is 1.80. The molecule has 0 saturated carbocycles. The third-order valence-corrected chi connectivity index (χ3v) is 0.167. The van der Waals surface area contributed by atoms with Gasteiger partial charge in [-0.3, -0.25) is 0 Å². The number of carboxylic acid groups (broad SMARTS) is 3. The van der Waals surface area contributed by atoms with Crippen molar-refractivity contribution >= 4 is 35.2 Å². The Kier molecular flexibility index (Phi) is 18.3. The molecule has 0 aromatic rings. The molecule has 54 valence electrons. The summed E-state index contributed by atoms with van der Waals surface area (Å²) in [5.74, 6) is -1.22. The van der Waals surface area contributed by atoms with Gasteiger partial charge in [-0.05, 0) is 0 Å². The molecule has 3 N–H and O–H groups in total. The summed E-state index contributed by atoms with van der Waals surface area (Å²) in [5, 5.41) is 24.4. The van der Waals surface area contributed by atoms with Gasteiger partial charge < -0.3 is 30.6 Å². The van der Waals surface area contributed by atoms with Crippen LogP contribution in [0.15, 0.2) is 0 Å². The predicted octanol–water partition coefficient (Wildman–Crippen LogP) is -3.80. The summed E-state index contributed by atoms with van der Waals surface area (Å²) in [5.41, 5.74) is 4.51. The Morgan fingerprint density at radius 2 is 1.50 bits per heavy atom. The van der Waals surface area contributed by atoms with Gasteiger partial charge in [0.15, 0.2) is 0 Å². The molecule has 0 aliphatic heterocycles. The largest absolute Gasteiger partial charge is 2.00 e. The van der Waals surface area contributed by atoms with E-state index in [-0.39, 0.29) is 29.6 Å². The smallest absolute Gasteiger partial charge is 0.565 e. The van der Waals surface area contributed by atoms with E-state index in [1.54, 1.807) is 0 Å². The number of nitrogens with two attached hydrogens (primary N) is 1. The monoisotopic (exact) mass is 159 g/mol. The van der Waals surface area contributed by atoms with Crippen LogP contribution >= 0.6 is 0 Å². The van der Waals surface area contributed by atoms with Gasteiger partial charge in [-0.2, -0.15) is 0 Å². The first kappa shape index (κ1) is 16.2. The molecule has 0 spiro atoms. The number of aliphatic carboxylic acids is 1. The molecular formula is C3H5MgNO5. The van der Waals surface area contributed by atoms with Crippen LogP contribution in [0.2, 0.25) is 0 Å². The SMILES string of the molecule is NCC(=O)[O-].O=C([O-])O.[Mg+2]. The molecule has 0 rings (SSSR count). The Bertz CT molecular complexity index is 101. The van der Waals surface area contributed by atoms with Crippen molar-refractivity contribution in [3.8, 4) is 0 Å². The molecule has 7 heteroatoms. The average Bonchev–Trinajstić information content (AvgIpc) is 1.65. The summed E-state index contributed by atoms with van der Waals surface area (Å²) in [7, 11) is 0. The van der Waals surface area contributed by atoms with Gasteiger partial charge in [0.25, 0.3) is 0 Å². The molecular weight excluding hydrogens is 154 g/mol. The fraction of sp³-hybridized carbons (Fsp3) is 0.333. The van der Waals surface area contributed by atoms with Gasteiger partial charge in [0.05, 0.1) is 5.97 Å². The molecule has 10 heavy (non-hydrogen) atoms. The van der Waals surface area contributed by atoms with Crippen LogP contribution in [0, 0.1) is 0 Å². The second-order valence-corrected chi connectivity index (χ2v) is 0.842. The molecule has 0 heterocycles. The van der Waals surface area contributed by atoms with Gasteiger partial charge in [0.2, 0.25) is 6.16 Å². The molecule has 0 radical (unpaired) electrons. The van der Waals surface area contributed by atoms with Crippen LogP contribution in [0.5, 0.6) is 0 Å². The van der Waals surface area contributed by atoms with Gasteiger partial charge in [0, 0.05) is 6.54 Å². The third kappa shape index (κ3) is 145. The van der Waals surface area contributed by atoms with Crippen molar-refractivity contribution in [2.75, 3.05) is 6.54 Å². The number of hydrogen-bond donors (Lipinski definition) is 2. The zero-order chi connectivity index (χ0) is 7.86. The van der Waals surface area contributed by atoms with Crippen LogP contribution in [0.4, 0.5) is 4.79 Å². The standard InChI is InChI=1S/C2H5NO2.CH2O3.Mg/c3-1-2(4)5;2-1(3)4;/h1,3H2,(H,4,5);(H2,2,3,4);/q;;+2/p-2. The van der Waals surface area contributed by atoms with E-state index >= 15 is 0 Å². The maximum Gasteiger partial charge on any atom is 2.00 e. The molecule has 0 aliphatic carbocycles. The fourth-order valence-electron chi connectivity index (χ4n) is 0. The van der Waals surface area contributed by atoms with E-state index in [9.17, 15) is 0 Å². The number of rotatable bonds is 1. The molecule has 0 unspecified atom stereocenters. The van der Waals surface area contributed by atoms with Gasteiger partial charge in [-0.1, -0.05) is 0 Å². The Hall–Kier alpha value is -0.534. The topological polar surface area (TPSA) is 127 Å². The summed E-state index contributed by atoms with van der Waals surface area (Å²) in [6.45, 7) is -0.389. The van der Waals surface area contributed by atoms with Crippen LogP contribution < -0.4 is 15.9 Å². The normalized spacial score (nSPS) is 6.10. The minimum Gasteiger partial charge on any atom is -0.565 e. The Labute approximate surface area is 72.8 Å². The number of carboxylic acids is 1. The van der Waals surface area contributed by atoms with Crippen molar-refractivity contribution in [1.82, 2.24) is 0 Å². The van der Waals surface area contributed by atoms with E-state index in [1.165, 1.54) is 0 Å². The zero-order valence-electron chi connectivity index (χ0n) is 5.07. The van der Waals surface area contributed by atoms with Crippen molar-refractivity contribution in [3.63, 3.8) is 0 Å². The van der Waals surface area contributed by atoms with E-state index in [2.05, 4.69) is 5.73 Å². The summed E-state index contributed by atoms with van der Waals surface area (Å²) in [6.07, 6.45) is -2.08. The number of hydrogen-bond acceptors (Lipinski definition) is 5. The van der Waals surface area contributed by atoms with Crippen molar-refractivity contribution < 1.29 is 24.9 Å². The van der Waals surface area contributed by atoms with Crippen molar-refractivity contribution in [2.24, 2.45) is 5.73 Å². The minimum absolute atomic E-state index is 0. The molecule has 0 aromatic heterocycles. The van der Waals surface area contributed by atoms with E-state index in [0.29, 0.717) is 0 Å². The Morgan fingerprint density at radius 3 is 1.50 bits per heavy atom. The predicted molar refractivity (Wildman–Crippen MR) is 27.8 cm³/mol. The van der Waals surface area contributed by atoms with Crippen LogP contribution in [0.3, 0.4) is 0 Å². The summed E-state index contributed by atoms with van der Waals surface area (Å²) < 4.78 is 0. The van der Waals surface area contributed by atoms with E-state index in [1.807, 2.05) is 0 Å². The minimum atomic E-state index is -2.08. The number of carbonyl (C=O) groups excluding carboxylic acids is 1. The molecule has 0 saturated heterocycles. The summed E-state index contributed by atoms with van der Waals surface area (Å²) in [6, 6.07) is 0. The first-order valence-electron chi connectivity index (χ1n) is 1.80. The van der Waals surface area contributed by atoms with Crippen LogP contribution in [0.25, 0.3) is 0 Å². The molecule has 0 fully saturated rings. The van der Waals surface area contributed by atoms with E-state index in [4.69, 9.17) is 24.9 Å². The van der Waals surface area contributed by atoms with Crippen LogP contribution in [-0.2, 0) is 4.79 Å². The molecule has 0 aliphatic rings. The fourth-order valence-corrected chi connectivity index (χ4v) is 0. The van der Waals surface area contributed by atoms with Gasteiger partial charge in [0.1, 0.15) is 0 Å². The quantitative estimate of drug-likeness (QED) is 0.378. The maximum atomic E-state index is 9.13. The van der Waals surface area contributed by atoms with Crippen LogP contribution in [-0.4, -0.2) is 46.8 Å². The summed E-state index contributed by atoms with van der Waals surface area (Å²) in [4.78, 5) is 17.6. The molecule has 0 atom stereocenters.